The van der Waals surface area contributed by atoms with Crippen molar-refractivity contribution in [3.8, 4) is 5.75 Å². The van der Waals surface area contributed by atoms with Gasteiger partial charge in [0.1, 0.15) is 11.6 Å². The van der Waals surface area contributed by atoms with Crippen molar-refractivity contribution in [1.29, 1.82) is 0 Å². The van der Waals surface area contributed by atoms with Gasteiger partial charge in [-0.25, -0.2) is 4.39 Å². The minimum absolute atomic E-state index is 0.0926. The molecule has 4 heteroatoms. The molecule has 0 amide bonds. The van der Waals surface area contributed by atoms with Crippen molar-refractivity contribution in [3.05, 3.63) is 64.4 Å². The lowest BCUT2D eigenvalue weighted by Crippen LogP contribution is -2.06. The third-order valence-electron chi connectivity index (χ3n) is 3.04. The van der Waals surface area contributed by atoms with E-state index in [2.05, 4.69) is 0 Å². The van der Waals surface area contributed by atoms with Crippen LogP contribution in [0.2, 0.25) is 5.02 Å². The Morgan fingerprint density at radius 1 is 1.14 bits per heavy atom. The Labute approximate surface area is 134 Å². The van der Waals surface area contributed by atoms with Gasteiger partial charge in [-0.15, -0.1) is 11.6 Å². The van der Waals surface area contributed by atoms with Crippen LogP contribution < -0.4 is 4.74 Å². The molecule has 0 aliphatic heterocycles. The summed E-state index contributed by atoms with van der Waals surface area (Å²) in [5, 5.41) is 0.0327. The van der Waals surface area contributed by atoms with E-state index in [0.717, 1.165) is 11.3 Å². The molecule has 1 unspecified atom stereocenters. The maximum absolute atomic E-state index is 13.8. The predicted molar refractivity (Wildman–Crippen MR) is 85.9 cm³/mol. The molecule has 1 nitrogen and oxygen atoms in total. The molecule has 0 fully saturated rings. The van der Waals surface area contributed by atoms with Crippen molar-refractivity contribution in [1.82, 2.24) is 0 Å². The summed E-state index contributed by atoms with van der Waals surface area (Å²) in [5.74, 6) is 0.426. The third kappa shape index (κ3) is 4.36. The van der Waals surface area contributed by atoms with Crippen LogP contribution in [-0.2, 0) is 6.42 Å². The Bertz CT molecular complexity index is 593. The first kappa shape index (κ1) is 16.1. The molecule has 0 aliphatic carbocycles. The maximum Gasteiger partial charge on any atom is 0.127 e. The molecule has 21 heavy (non-hydrogen) atoms. The first-order chi connectivity index (χ1) is 9.97. The fourth-order valence-electron chi connectivity index (χ4n) is 2.08. The molecule has 0 aromatic heterocycles. The average molecular weight is 327 g/mol. The summed E-state index contributed by atoms with van der Waals surface area (Å²) in [5.41, 5.74) is 1.32. The monoisotopic (exact) mass is 326 g/mol. The van der Waals surface area contributed by atoms with E-state index in [-0.39, 0.29) is 17.3 Å². The zero-order chi connectivity index (χ0) is 15.4. The summed E-state index contributed by atoms with van der Waals surface area (Å²) in [6, 6.07) is 12.2. The predicted octanol–water partition coefficient (Wildman–Crippen LogP) is 5.79. The Hall–Kier alpha value is -1.25. The Balaban J connectivity index is 2.18. The molecule has 0 heterocycles. The molecule has 0 aliphatic rings. The molecular formula is C17H17Cl2FO. The largest absolute Gasteiger partial charge is 0.491 e. The Kier molecular flexibility index (Phi) is 5.49. The van der Waals surface area contributed by atoms with Gasteiger partial charge in [-0.3, -0.25) is 0 Å². The van der Waals surface area contributed by atoms with Crippen molar-refractivity contribution < 1.29 is 9.13 Å². The summed E-state index contributed by atoms with van der Waals surface area (Å²) in [4.78, 5) is 0. The molecule has 1 atom stereocenters. The molecule has 2 aromatic carbocycles. The minimum Gasteiger partial charge on any atom is -0.491 e. The minimum atomic E-state index is -0.366. The number of ether oxygens (including phenoxy) is 1. The zero-order valence-electron chi connectivity index (χ0n) is 11.9. The number of benzene rings is 2. The van der Waals surface area contributed by atoms with Gasteiger partial charge in [0.2, 0.25) is 0 Å². The first-order valence-electron chi connectivity index (χ1n) is 6.81. The number of alkyl halides is 1. The lowest BCUT2D eigenvalue weighted by Gasteiger charge is -2.15. The highest BCUT2D eigenvalue weighted by Crippen LogP contribution is 2.31. The topological polar surface area (TPSA) is 9.23 Å². The standard InChI is InChI=1S/C17H17Cl2FO/c1-11(2)21-13-6-3-5-12(9-13)16(19)10-14-15(18)7-4-8-17(14)20/h3-9,11,16H,10H2,1-2H3. The smallest absolute Gasteiger partial charge is 0.127 e. The summed E-state index contributed by atoms with van der Waals surface area (Å²) >= 11 is 12.5. The highest BCUT2D eigenvalue weighted by molar-refractivity contribution is 6.31. The second-order valence-electron chi connectivity index (χ2n) is 5.11. The second kappa shape index (κ2) is 7.15. The van der Waals surface area contributed by atoms with Gasteiger partial charge in [-0.2, -0.15) is 0 Å². The van der Waals surface area contributed by atoms with Crippen LogP contribution in [0.25, 0.3) is 0 Å². The van der Waals surface area contributed by atoms with Gasteiger partial charge in [0.15, 0.2) is 0 Å². The molecule has 2 rings (SSSR count). The molecule has 0 saturated heterocycles. The van der Waals surface area contributed by atoms with Gasteiger partial charge >= 0.3 is 0 Å². The van der Waals surface area contributed by atoms with Crippen LogP contribution in [0.15, 0.2) is 42.5 Å². The summed E-state index contributed by atoms with van der Waals surface area (Å²) in [7, 11) is 0. The highest BCUT2D eigenvalue weighted by Gasteiger charge is 2.15. The molecule has 2 aromatic rings. The van der Waals surface area contributed by atoms with Crippen LogP contribution in [0, 0.1) is 5.82 Å². The molecular weight excluding hydrogens is 310 g/mol. The summed E-state index contributed by atoms with van der Waals surface area (Å²) in [6.45, 7) is 3.92. The number of halogens is 3. The lowest BCUT2D eigenvalue weighted by molar-refractivity contribution is 0.242. The van der Waals surface area contributed by atoms with Gasteiger partial charge in [0, 0.05) is 10.6 Å². The molecule has 0 bridgehead atoms. The second-order valence-corrected chi connectivity index (χ2v) is 6.04. The van der Waals surface area contributed by atoms with E-state index in [9.17, 15) is 4.39 Å². The first-order valence-corrected chi connectivity index (χ1v) is 7.62. The van der Waals surface area contributed by atoms with E-state index in [0.29, 0.717) is 17.0 Å². The van der Waals surface area contributed by atoms with Crippen molar-refractivity contribution in [3.63, 3.8) is 0 Å². The molecule has 0 radical (unpaired) electrons. The number of hydrogen-bond donors (Lipinski definition) is 0. The molecule has 0 spiro atoms. The quantitative estimate of drug-likeness (QED) is 0.632. The average Bonchev–Trinajstić information content (AvgIpc) is 2.42. The number of hydrogen-bond acceptors (Lipinski definition) is 1. The van der Waals surface area contributed by atoms with E-state index in [1.54, 1.807) is 12.1 Å². The van der Waals surface area contributed by atoms with E-state index in [1.165, 1.54) is 6.07 Å². The van der Waals surface area contributed by atoms with Crippen LogP contribution in [0.3, 0.4) is 0 Å². The highest BCUT2D eigenvalue weighted by atomic mass is 35.5. The van der Waals surface area contributed by atoms with Crippen LogP contribution in [0.1, 0.15) is 30.4 Å². The van der Waals surface area contributed by atoms with Crippen molar-refractivity contribution >= 4 is 23.2 Å². The van der Waals surface area contributed by atoms with Gasteiger partial charge in [-0.1, -0.05) is 29.8 Å². The van der Waals surface area contributed by atoms with Crippen molar-refractivity contribution in [2.75, 3.05) is 0 Å². The van der Waals surface area contributed by atoms with E-state index >= 15 is 0 Å². The molecule has 0 saturated carbocycles. The van der Waals surface area contributed by atoms with Crippen molar-refractivity contribution in [2.24, 2.45) is 0 Å². The van der Waals surface area contributed by atoms with Gasteiger partial charge < -0.3 is 4.74 Å². The molecule has 0 N–H and O–H groups in total. The molecule has 112 valence electrons. The number of rotatable bonds is 5. The fraction of sp³-hybridized carbons (Fsp3) is 0.294. The Morgan fingerprint density at radius 2 is 1.86 bits per heavy atom. The van der Waals surface area contributed by atoms with Crippen LogP contribution in [0.4, 0.5) is 4.39 Å². The maximum atomic E-state index is 13.8. The zero-order valence-corrected chi connectivity index (χ0v) is 13.5. The normalized spacial score (nSPS) is 12.5. The summed E-state index contributed by atoms with van der Waals surface area (Å²) < 4.78 is 19.5. The van der Waals surface area contributed by atoms with E-state index in [1.807, 2.05) is 38.1 Å². The van der Waals surface area contributed by atoms with Crippen LogP contribution in [0.5, 0.6) is 5.75 Å². The van der Waals surface area contributed by atoms with Gasteiger partial charge in [-0.05, 0) is 50.1 Å². The SMILES string of the molecule is CC(C)Oc1cccc(C(Cl)Cc2c(F)cccc2Cl)c1. The fourth-order valence-corrected chi connectivity index (χ4v) is 2.61. The summed E-state index contributed by atoms with van der Waals surface area (Å²) in [6.07, 6.45) is 0.424. The lowest BCUT2D eigenvalue weighted by atomic mass is 10.0. The Morgan fingerprint density at radius 3 is 2.52 bits per heavy atom. The van der Waals surface area contributed by atoms with Crippen LogP contribution in [-0.4, -0.2) is 6.10 Å². The third-order valence-corrected chi connectivity index (χ3v) is 3.80. The van der Waals surface area contributed by atoms with E-state index < -0.39 is 0 Å². The van der Waals surface area contributed by atoms with Gasteiger partial charge in [0.25, 0.3) is 0 Å². The van der Waals surface area contributed by atoms with Crippen molar-refractivity contribution in [2.45, 2.75) is 31.7 Å². The van der Waals surface area contributed by atoms with Crippen LogP contribution >= 0.6 is 23.2 Å². The van der Waals surface area contributed by atoms with Gasteiger partial charge in [0.05, 0.1) is 11.5 Å². The van der Waals surface area contributed by atoms with E-state index in [4.69, 9.17) is 27.9 Å².